The number of aromatic nitrogens is 3. The monoisotopic (exact) mass is 420 g/mol. The van der Waals surface area contributed by atoms with Crippen LogP contribution in [-0.2, 0) is 0 Å². The molecule has 0 aliphatic carbocycles. The molecule has 158 valence electrons. The van der Waals surface area contributed by atoms with Crippen LogP contribution in [0.3, 0.4) is 0 Å². The van der Waals surface area contributed by atoms with Gasteiger partial charge in [-0.25, -0.2) is 9.07 Å². The molecule has 0 spiro atoms. The molecule has 4 rings (SSSR count). The number of carbonyl (C=O) groups is 1. The molecule has 0 radical (unpaired) electrons. The average molecular weight is 420 g/mol. The molecule has 1 N–H and O–H groups in total. The van der Waals surface area contributed by atoms with Crippen LogP contribution in [0.15, 0.2) is 71.3 Å². The summed E-state index contributed by atoms with van der Waals surface area (Å²) in [7, 11) is 0. The molecule has 0 bridgehead atoms. The Labute approximate surface area is 178 Å². The van der Waals surface area contributed by atoms with Crippen LogP contribution in [0, 0.1) is 11.7 Å². The van der Waals surface area contributed by atoms with Gasteiger partial charge in [-0.05, 0) is 66.6 Å². The fraction of sp³-hybridized carbons (Fsp3) is 0.174. The molecule has 2 aromatic heterocycles. The van der Waals surface area contributed by atoms with E-state index in [1.807, 2.05) is 13.8 Å². The van der Waals surface area contributed by atoms with Crippen LogP contribution in [0.2, 0.25) is 0 Å². The maximum atomic E-state index is 13.0. The topological polar surface area (TPSA) is 82.2 Å². The number of ether oxygens (including phenoxy) is 1. The lowest BCUT2D eigenvalue weighted by atomic mass is 10.2. The quantitative estimate of drug-likeness (QED) is 0.457. The molecular formula is C23H21FN4O3. The van der Waals surface area contributed by atoms with Crippen molar-refractivity contribution in [2.24, 2.45) is 5.92 Å². The lowest BCUT2D eigenvalue weighted by molar-refractivity contribution is 0.102. The van der Waals surface area contributed by atoms with Crippen LogP contribution in [0.25, 0.3) is 17.3 Å². The van der Waals surface area contributed by atoms with Crippen LogP contribution >= 0.6 is 0 Å². The van der Waals surface area contributed by atoms with Crippen molar-refractivity contribution in [2.45, 2.75) is 13.8 Å². The summed E-state index contributed by atoms with van der Waals surface area (Å²) >= 11 is 0. The number of rotatable bonds is 7. The van der Waals surface area contributed by atoms with Crippen molar-refractivity contribution in [3.63, 3.8) is 0 Å². The number of carbonyl (C=O) groups excluding carboxylic acids is 1. The van der Waals surface area contributed by atoms with E-state index in [1.165, 1.54) is 24.3 Å². The standard InChI is InChI=1S/C23H21FN4O3/c1-15(2)14-31-23-26-21(20-4-3-13-30-20)28(27-23)19-11-9-18(10-12-19)25-22(29)16-5-7-17(24)8-6-16/h3-13,15H,14H2,1-2H3,(H,25,29). The number of furan rings is 1. The van der Waals surface area contributed by atoms with Gasteiger partial charge in [-0.2, -0.15) is 4.98 Å². The molecule has 31 heavy (non-hydrogen) atoms. The number of amides is 1. The smallest absolute Gasteiger partial charge is 0.336 e. The molecule has 1 amide bonds. The summed E-state index contributed by atoms with van der Waals surface area (Å²) in [6.07, 6.45) is 1.57. The van der Waals surface area contributed by atoms with E-state index < -0.39 is 5.82 Å². The fourth-order valence-electron chi connectivity index (χ4n) is 2.83. The van der Waals surface area contributed by atoms with Gasteiger partial charge < -0.3 is 14.5 Å². The third kappa shape index (κ3) is 4.80. The van der Waals surface area contributed by atoms with Crippen molar-refractivity contribution in [2.75, 3.05) is 11.9 Å². The highest BCUT2D eigenvalue weighted by atomic mass is 19.1. The Balaban J connectivity index is 1.56. The van der Waals surface area contributed by atoms with Crippen LogP contribution in [0.5, 0.6) is 6.01 Å². The number of halogens is 1. The third-order valence-electron chi connectivity index (χ3n) is 4.35. The maximum absolute atomic E-state index is 13.0. The predicted octanol–water partition coefficient (Wildman–Crippen LogP) is 4.95. The third-order valence-corrected chi connectivity index (χ3v) is 4.35. The van der Waals surface area contributed by atoms with E-state index in [4.69, 9.17) is 9.15 Å². The maximum Gasteiger partial charge on any atom is 0.336 e. The number of hydrogen-bond donors (Lipinski definition) is 1. The zero-order valence-electron chi connectivity index (χ0n) is 17.1. The van der Waals surface area contributed by atoms with Gasteiger partial charge >= 0.3 is 6.01 Å². The Morgan fingerprint density at radius 1 is 1.13 bits per heavy atom. The van der Waals surface area contributed by atoms with Gasteiger partial charge in [0.1, 0.15) is 5.82 Å². The van der Waals surface area contributed by atoms with Crippen molar-refractivity contribution < 1.29 is 18.3 Å². The van der Waals surface area contributed by atoms with Gasteiger partial charge in [-0.1, -0.05) is 13.8 Å². The van der Waals surface area contributed by atoms with E-state index >= 15 is 0 Å². The normalized spacial score (nSPS) is 11.0. The number of nitrogens with zero attached hydrogens (tertiary/aromatic N) is 3. The minimum atomic E-state index is -0.391. The lowest BCUT2D eigenvalue weighted by Gasteiger charge is -2.08. The van der Waals surface area contributed by atoms with Crippen LogP contribution in [0.4, 0.5) is 10.1 Å². The second-order valence-corrected chi connectivity index (χ2v) is 7.32. The Kier molecular flexibility index (Phi) is 5.79. The number of hydrogen-bond acceptors (Lipinski definition) is 5. The first-order chi connectivity index (χ1) is 15.0. The first-order valence-electron chi connectivity index (χ1n) is 9.80. The van der Waals surface area contributed by atoms with E-state index in [0.29, 0.717) is 35.4 Å². The molecule has 2 aromatic carbocycles. The minimum absolute atomic E-state index is 0.258. The molecule has 8 heteroatoms. The summed E-state index contributed by atoms with van der Waals surface area (Å²) < 4.78 is 25.8. The lowest BCUT2D eigenvalue weighted by Crippen LogP contribution is -2.11. The summed E-state index contributed by atoms with van der Waals surface area (Å²) in [5.74, 6) is 0.683. The van der Waals surface area contributed by atoms with Crippen molar-refractivity contribution in [3.05, 3.63) is 78.3 Å². The molecule has 0 atom stereocenters. The van der Waals surface area contributed by atoms with E-state index in [0.717, 1.165) is 5.69 Å². The van der Waals surface area contributed by atoms with Crippen molar-refractivity contribution in [1.82, 2.24) is 14.8 Å². The molecular weight excluding hydrogens is 399 g/mol. The zero-order valence-corrected chi connectivity index (χ0v) is 17.1. The Morgan fingerprint density at radius 2 is 1.87 bits per heavy atom. The molecule has 7 nitrogen and oxygen atoms in total. The summed E-state index contributed by atoms with van der Waals surface area (Å²) in [5, 5.41) is 7.24. The van der Waals surface area contributed by atoms with Gasteiger partial charge in [0.15, 0.2) is 5.76 Å². The average Bonchev–Trinajstić information content (AvgIpc) is 3.43. The van der Waals surface area contributed by atoms with Gasteiger partial charge in [0.05, 0.1) is 18.6 Å². The van der Waals surface area contributed by atoms with Crippen LogP contribution < -0.4 is 10.1 Å². The molecule has 0 aliphatic rings. The van der Waals surface area contributed by atoms with E-state index in [-0.39, 0.29) is 11.9 Å². The highest BCUT2D eigenvalue weighted by molar-refractivity contribution is 6.04. The second kappa shape index (κ2) is 8.83. The predicted molar refractivity (Wildman–Crippen MR) is 114 cm³/mol. The highest BCUT2D eigenvalue weighted by Gasteiger charge is 2.17. The Morgan fingerprint density at radius 3 is 2.52 bits per heavy atom. The SMILES string of the molecule is CC(C)COc1nc(-c2ccco2)n(-c2ccc(NC(=O)c3ccc(F)cc3)cc2)n1. The van der Waals surface area contributed by atoms with E-state index in [1.54, 1.807) is 47.3 Å². The molecule has 4 aromatic rings. The summed E-state index contributed by atoms with van der Waals surface area (Å²) in [5.41, 5.74) is 1.68. The highest BCUT2D eigenvalue weighted by Crippen LogP contribution is 2.25. The first kappa shape index (κ1) is 20.3. The Hall–Kier alpha value is -3.94. The summed E-state index contributed by atoms with van der Waals surface area (Å²) in [4.78, 5) is 16.8. The first-order valence-corrected chi connectivity index (χ1v) is 9.80. The summed E-state index contributed by atoms with van der Waals surface area (Å²) in [6.45, 7) is 4.59. The van der Waals surface area contributed by atoms with Crippen LogP contribution in [-0.4, -0.2) is 27.3 Å². The molecule has 2 heterocycles. The van der Waals surface area contributed by atoms with Gasteiger partial charge in [-0.3, -0.25) is 4.79 Å². The molecule has 0 fully saturated rings. The molecule has 0 aliphatic heterocycles. The summed E-state index contributed by atoms with van der Waals surface area (Å²) in [6, 6.07) is 16.3. The van der Waals surface area contributed by atoms with Gasteiger partial charge in [0.2, 0.25) is 5.82 Å². The van der Waals surface area contributed by atoms with E-state index in [2.05, 4.69) is 15.4 Å². The van der Waals surface area contributed by atoms with Crippen molar-refractivity contribution in [3.8, 4) is 23.3 Å². The molecule has 0 saturated carbocycles. The van der Waals surface area contributed by atoms with Crippen LogP contribution in [0.1, 0.15) is 24.2 Å². The number of nitrogens with one attached hydrogen (secondary N) is 1. The van der Waals surface area contributed by atoms with Gasteiger partial charge in [0.25, 0.3) is 5.91 Å². The molecule has 0 unspecified atom stereocenters. The van der Waals surface area contributed by atoms with Gasteiger partial charge in [-0.15, -0.1) is 5.10 Å². The largest absolute Gasteiger partial charge is 0.462 e. The van der Waals surface area contributed by atoms with Gasteiger partial charge in [0, 0.05) is 11.3 Å². The van der Waals surface area contributed by atoms with Crippen molar-refractivity contribution in [1.29, 1.82) is 0 Å². The zero-order chi connectivity index (χ0) is 21.8. The number of anilines is 1. The molecule has 0 saturated heterocycles. The Bertz CT molecular complexity index is 1150. The fourth-order valence-corrected chi connectivity index (χ4v) is 2.83. The van der Waals surface area contributed by atoms with Crippen molar-refractivity contribution >= 4 is 11.6 Å². The second-order valence-electron chi connectivity index (χ2n) is 7.32. The minimum Gasteiger partial charge on any atom is -0.462 e. The number of benzene rings is 2. The van der Waals surface area contributed by atoms with E-state index in [9.17, 15) is 9.18 Å².